The van der Waals surface area contributed by atoms with Crippen molar-refractivity contribution in [2.24, 2.45) is 0 Å². The van der Waals surface area contributed by atoms with E-state index in [0.717, 1.165) is 10.0 Å². The van der Waals surface area contributed by atoms with Crippen molar-refractivity contribution in [3.8, 4) is 0 Å². The smallest absolute Gasteiger partial charge is 0.0638 e. The predicted molar refractivity (Wildman–Crippen MR) is 48.3 cm³/mol. The lowest BCUT2D eigenvalue weighted by atomic mass is 10.2. The van der Waals surface area contributed by atoms with Gasteiger partial charge >= 0.3 is 0 Å². The van der Waals surface area contributed by atoms with Gasteiger partial charge < -0.3 is 5.73 Å². The van der Waals surface area contributed by atoms with Crippen molar-refractivity contribution in [2.75, 3.05) is 5.73 Å². The van der Waals surface area contributed by atoms with Crippen molar-refractivity contribution < 1.29 is 0 Å². The molecule has 1 aromatic carbocycles. The lowest BCUT2D eigenvalue weighted by Crippen LogP contribution is -1.87. The first-order valence-electron chi connectivity index (χ1n) is 2.82. The molecule has 0 atom stereocenters. The molecule has 0 heterocycles. The number of hydrogen-bond donors (Lipinski definition) is 1. The first kappa shape index (κ1) is 7.89. The van der Waals surface area contributed by atoms with Crippen molar-refractivity contribution in [1.29, 1.82) is 0 Å². The molecule has 0 aliphatic rings. The highest BCUT2D eigenvalue weighted by Crippen LogP contribution is 2.26. The highest BCUT2D eigenvalue weighted by Gasteiger charge is 1.99. The van der Waals surface area contributed by atoms with Gasteiger partial charge in [-0.3, -0.25) is 0 Å². The molecule has 0 aliphatic heterocycles. The summed E-state index contributed by atoms with van der Waals surface area (Å²) in [6.07, 6.45) is 0. The second-order valence-electron chi connectivity index (χ2n) is 2.12. The molecule has 0 saturated carbocycles. The van der Waals surface area contributed by atoms with Crippen molar-refractivity contribution in [1.82, 2.24) is 0 Å². The minimum absolute atomic E-state index is 0.610. The maximum atomic E-state index is 5.74. The van der Waals surface area contributed by atoms with Crippen LogP contribution < -0.4 is 5.73 Å². The minimum Gasteiger partial charge on any atom is -0.397 e. The molecule has 0 unspecified atom stereocenters. The molecule has 0 aliphatic carbocycles. The van der Waals surface area contributed by atoms with Crippen LogP contribution in [0.15, 0.2) is 16.6 Å². The number of nitrogen functional groups attached to an aromatic ring is 1. The lowest BCUT2D eigenvalue weighted by Gasteiger charge is -2.01. The van der Waals surface area contributed by atoms with Crippen LogP contribution >= 0.6 is 27.5 Å². The van der Waals surface area contributed by atoms with Gasteiger partial charge in [0.05, 0.1) is 10.7 Å². The number of halogens is 2. The number of nitrogens with two attached hydrogens (primary N) is 1. The van der Waals surface area contributed by atoms with Gasteiger partial charge in [-0.15, -0.1) is 0 Å². The Morgan fingerprint density at radius 1 is 1.50 bits per heavy atom. The Balaban J connectivity index is 3.28. The van der Waals surface area contributed by atoms with Gasteiger partial charge in [-0.2, -0.15) is 0 Å². The van der Waals surface area contributed by atoms with E-state index in [0.29, 0.717) is 10.7 Å². The molecule has 0 radical (unpaired) electrons. The molecule has 0 spiro atoms. The third kappa shape index (κ3) is 1.44. The van der Waals surface area contributed by atoms with Crippen molar-refractivity contribution in [3.63, 3.8) is 0 Å². The molecule has 10 heavy (non-hydrogen) atoms. The molecule has 0 bridgehead atoms. The van der Waals surface area contributed by atoms with E-state index in [9.17, 15) is 0 Å². The van der Waals surface area contributed by atoms with Gasteiger partial charge in [-0.1, -0.05) is 27.5 Å². The van der Waals surface area contributed by atoms with Crippen LogP contribution in [0.2, 0.25) is 5.02 Å². The van der Waals surface area contributed by atoms with E-state index >= 15 is 0 Å². The molecule has 1 nitrogen and oxygen atoms in total. The molecule has 1 rings (SSSR count). The molecular formula is C7H7BrClN. The maximum Gasteiger partial charge on any atom is 0.0638 e. The first-order valence-corrected chi connectivity index (χ1v) is 3.99. The SMILES string of the molecule is Cc1cc(Cl)c(N)cc1Br. The van der Waals surface area contributed by atoms with Crippen LogP contribution in [0, 0.1) is 6.92 Å². The van der Waals surface area contributed by atoms with Crippen molar-refractivity contribution in [3.05, 3.63) is 27.2 Å². The predicted octanol–water partition coefficient (Wildman–Crippen LogP) is 2.99. The zero-order valence-corrected chi connectivity index (χ0v) is 7.83. The van der Waals surface area contributed by atoms with Crippen molar-refractivity contribution >= 4 is 33.2 Å². The average Bonchev–Trinajstić information content (AvgIpc) is 1.84. The number of benzene rings is 1. The van der Waals surface area contributed by atoms with E-state index in [2.05, 4.69) is 15.9 Å². The molecule has 2 N–H and O–H groups in total. The van der Waals surface area contributed by atoms with Crippen LogP contribution in [-0.2, 0) is 0 Å². The second kappa shape index (κ2) is 2.81. The topological polar surface area (TPSA) is 26.0 Å². The number of aryl methyl sites for hydroxylation is 1. The van der Waals surface area contributed by atoms with Crippen LogP contribution in [0.25, 0.3) is 0 Å². The number of anilines is 1. The standard InChI is InChI=1S/C7H7BrClN/c1-4-2-6(9)7(10)3-5(4)8/h2-3H,10H2,1H3. The molecule has 1 aromatic rings. The molecule has 3 heteroatoms. The summed E-state index contributed by atoms with van der Waals surface area (Å²) in [6.45, 7) is 1.97. The molecule has 0 aromatic heterocycles. The Morgan fingerprint density at radius 2 is 2.10 bits per heavy atom. The Hall–Kier alpha value is -0.210. The first-order chi connectivity index (χ1) is 4.61. The van der Waals surface area contributed by atoms with E-state index in [1.165, 1.54) is 0 Å². The summed E-state index contributed by atoms with van der Waals surface area (Å²) < 4.78 is 0.995. The Labute approximate surface area is 73.3 Å². The third-order valence-electron chi connectivity index (χ3n) is 1.28. The van der Waals surface area contributed by atoms with Crippen LogP contribution in [0.3, 0.4) is 0 Å². The molecule has 54 valence electrons. The van der Waals surface area contributed by atoms with Gasteiger partial charge in [0.25, 0.3) is 0 Å². The monoisotopic (exact) mass is 219 g/mol. The Bertz CT molecular complexity index is 210. The summed E-state index contributed by atoms with van der Waals surface area (Å²) in [4.78, 5) is 0. The van der Waals surface area contributed by atoms with E-state index in [1.807, 2.05) is 13.0 Å². The molecule has 0 saturated heterocycles. The normalized spacial score (nSPS) is 9.90. The Kier molecular flexibility index (Phi) is 2.21. The third-order valence-corrected chi connectivity index (χ3v) is 2.46. The zero-order chi connectivity index (χ0) is 7.72. The van der Waals surface area contributed by atoms with Crippen molar-refractivity contribution in [2.45, 2.75) is 6.92 Å². The van der Waals surface area contributed by atoms with Gasteiger partial charge in [0.2, 0.25) is 0 Å². The fourth-order valence-corrected chi connectivity index (χ4v) is 1.24. The van der Waals surface area contributed by atoms with Crippen LogP contribution in [0.5, 0.6) is 0 Å². The van der Waals surface area contributed by atoms with Gasteiger partial charge in [-0.05, 0) is 24.6 Å². The number of rotatable bonds is 0. The summed E-state index contributed by atoms with van der Waals surface area (Å²) in [7, 11) is 0. The van der Waals surface area contributed by atoms with Crippen LogP contribution in [0.4, 0.5) is 5.69 Å². The largest absolute Gasteiger partial charge is 0.397 e. The molecular weight excluding hydrogens is 213 g/mol. The van der Waals surface area contributed by atoms with E-state index in [-0.39, 0.29) is 0 Å². The lowest BCUT2D eigenvalue weighted by molar-refractivity contribution is 1.43. The van der Waals surface area contributed by atoms with E-state index in [1.54, 1.807) is 6.07 Å². The summed E-state index contributed by atoms with van der Waals surface area (Å²) in [5, 5.41) is 0.612. The van der Waals surface area contributed by atoms with E-state index < -0.39 is 0 Å². The summed E-state index contributed by atoms with van der Waals surface area (Å²) in [5.74, 6) is 0. The average molecular weight is 220 g/mol. The van der Waals surface area contributed by atoms with Gasteiger partial charge in [0.15, 0.2) is 0 Å². The van der Waals surface area contributed by atoms with Gasteiger partial charge in [0, 0.05) is 4.47 Å². The fraction of sp³-hybridized carbons (Fsp3) is 0.143. The summed E-state index contributed by atoms with van der Waals surface area (Å²) in [6, 6.07) is 3.64. The highest BCUT2D eigenvalue weighted by atomic mass is 79.9. The summed E-state index contributed by atoms with van der Waals surface area (Å²) >= 11 is 9.08. The molecule has 0 amide bonds. The van der Waals surface area contributed by atoms with Crippen LogP contribution in [0.1, 0.15) is 5.56 Å². The second-order valence-corrected chi connectivity index (χ2v) is 3.38. The van der Waals surface area contributed by atoms with E-state index in [4.69, 9.17) is 17.3 Å². The van der Waals surface area contributed by atoms with Gasteiger partial charge in [0.1, 0.15) is 0 Å². The van der Waals surface area contributed by atoms with Crippen LogP contribution in [-0.4, -0.2) is 0 Å². The number of hydrogen-bond acceptors (Lipinski definition) is 1. The van der Waals surface area contributed by atoms with Gasteiger partial charge in [-0.25, -0.2) is 0 Å². The quantitative estimate of drug-likeness (QED) is 0.668. The summed E-state index contributed by atoms with van der Waals surface area (Å²) in [5.41, 5.74) is 7.23. The maximum absolute atomic E-state index is 5.74. The minimum atomic E-state index is 0.610. The molecule has 0 fully saturated rings. The zero-order valence-electron chi connectivity index (χ0n) is 5.49. The highest BCUT2D eigenvalue weighted by molar-refractivity contribution is 9.10. The Morgan fingerprint density at radius 3 is 2.60 bits per heavy atom. The fourth-order valence-electron chi connectivity index (χ4n) is 0.662.